The summed E-state index contributed by atoms with van der Waals surface area (Å²) in [5.41, 5.74) is 8.41. The van der Waals surface area contributed by atoms with E-state index in [0.717, 1.165) is 16.9 Å². The molecule has 4 aliphatic rings. The molecule has 0 aromatic heterocycles. The molecule has 0 bridgehead atoms. The molecule has 47 heavy (non-hydrogen) atoms. The van der Waals surface area contributed by atoms with Crippen molar-refractivity contribution in [3.8, 4) is 5.75 Å². The topological polar surface area (TPSA) is 169 Å². The molecule has 1 saturated carbocycles. The minimum absolute atomic E-state index is 0.0999. The summed E-state index contributed by atoms with van der Waals surface area (Å²) in [5, 5.41) is 12.2. The SMILES string of the molecule is Cc1c(C)c(S(=O)(=O)NC(N)=NCCCC[C@@H](NC(=O)OCC2[C@@H]3C=CC=C[C@@H]3[C@H]3C=CC=C[C@@H]23)C(=O)O)c(C)c2c1OC(C)(C)C2. The first-order valence-corrected chi connectivity index (χ1v) is 17.7. The van der Waals surface area contributed by atoms with Gasteiger partial charge in [0.1, 0.15) is 17.4 Å². The number of sulfonamides is 1. The minimum atomic E-state index is -4.02. The lowest BCUT2D eigenvalue weighted by Gasteiger charge is -2.24. The van der Waals surface area contributed by atoms with E-state index in [9.17, 15) is 23.1 Å². The van der Waals surface area contributed by atoms with Gasteiger partial charge in [0.2, 0.25) is 5.96 Å². The molecule has 12 heteroatoms. The van der Waals surface area contributed by atoms with Gasteiger partial charge in [-0.1, -0.05) is 48.6 Å². The quantitative estimate of drug-likeness (QED) is 0.151. The number of ether oxygens (including phenoxy) is 2. The standard InChI is InChI=1S/C35H46N4O7S/c1-20-21(2)31(22(3)27-18-35(4,5)46-30(20)27)47(43,44)39-33(36)37-17-11-10-16-29(32(40)41)38-34(42)45-19-28-25-14-8-6-12-23(25)24-13-7-9-15-26(24)28/h6-9,12-15,23-26,28-29H,10-11,16-19H2,1-5H3,(H,38,42)(H,40,41)(H3,36,37,39)/t23-,24-,25-,26-,29-/m1/s1. The van der Waals surface area contributed by atoms with Gasteiger partial charge >= 0.3 is 12.1 Å². The highest BCUT2D eigenvalue weighted by atomic mass is 32.2. The van der Waals surface area contributed by atoms with Crippen LogP contribution in [0.25, 0.3) is 0 Å². The Morgan fingerprint density at radius 3 is 2.19 bits per heavy atom. The monoisotopic (exact) mass is 666 g/mol. The fraction of sp³-hybridized carbons (Fsp3) is 0.514. The normalized spacial score (nSPS) is 25.8. The summed E-state index contributed by atoms with van der Waals surface area (Å²) in [6.45, 7) is 9.67. The number of carbonyl (C=O) groups excluding carboxylic acids is 1. The van der Waals surface area contributed by atoms with Crippen molar-refractivity contribution in [3.63, 3.8) is 0 Å². The highest BCUT2D eigenvalue weighted by Gasteiger charge is 2.47. The molecule has 1 aliphatic heterocycles. The van der Waals surface area contributed by atoms with E-state index in [1.165, 1.54) is 0 Å². The maximum absolute atomic E-state index is 13.4. The van der Waals surface area contributed by atoms with Crippen molar-refractivity contribution < 1.29 is 32.6 Å². The number of nitrogens with zero attached hydrogens (tertiary/aromatic N) is 1. The van der Waals surface area contributed by atoms with Gasteiger partial charge in [0.15, 0.2) is 0 Å². The molecule has 1 fully saturated rings. The lowest BCUT2D eigenvalue weighted by Crippen LogP contribution is -2.41. The first-order valence-electron chi connectivity index (χ1n) is 16.2. The fourth-order valence-electron chi connectivity index (χ4n) is 7.53. The number of carboxylic acid groups (broad SMARTS) is 1. The van der Waals surface area contributed by atoms with Crippen LogP contribution in [0.5, 0.6) is 5.75 Å². The van der Waals surface area contributed by atoms with Crippen molar-refractivity contribution in [1.82, 2.24) is 10.0 Å². The Morgan fingerprint density at radius 2 is 1.60 bits per heavy atom. The molecule has 0 spiro atoms. The summed E-state index contributed by atoms with van der Waals surface area (Å²) in [5.74, 6) is 0.610. The second kappa shape index (κ2) is 13.6. The molecule has 5 atom stereocenters. The van der Waals surface area contributed by atoms with Crippen LogP contribution in [0.3, 0.4) is 0 Å². The number of fused-ring (bicyclic) bond motifs is 4. The van der Waals surface area contributed by atoms with Crippen molar-refractivity contribution in [1.29, 1.82) is 0 Å². The summed E-state index contributed by atoms with van der Waals surface area (Å²) < 4.78 is 40.8. The molecule has 11 nitrogen and oxygen atoms in total. The zero-order chi connectivity index (χ0) is 34.1. The van der Waals surface area contributed by atoms with Gasteiger partial charge in [0.25, 0.3) is 10.0 Å². The first kappa shape index (κ1) is 34.3. The van der Waals surface area contributed by atoms with E-state index in [2.05, 4.69) is 51.5 Å². The highest BCUT2D eigenvalue weighted by Crippen LogP contribution is 2.51. The summed E-state index contributed by atoms with van der Waals surface area (Å²) in [7, 11) is -4.02. The maximum Gasteiger partial charge on any atom is 0.407 e. The molecule has 1 aromatic rings. The largest absolute Gasteiger partial charge is 0.487 e. The molecule has 1 heterocycles. The number of hydrogen-bond donors (Lipinski definition) is 4. The number of nitrogens with one attached hydrogen (secondary N) is 2. The number of allylic oxidation sites excluding steroid dienone is 8. The first-order chi connectivity index (χ1) is 22.2. The number of carbonyl (C=O) groups is 2. The Morgan fingerprint density at radius 1 is 1.00 bits per heavy atom. The molecule has 1 aromatic carbocycles. The van der Waals surface area contributed by atoms with Crippen LogP contribution in [0, 0.1) is 50.4 Å². The molecule has 1 amide bonds. The van der Waals surface area contributed by atoms with E-state index >= 15 is 0 Å². The van der Waals surface area contributed by atoms with Crippen molar-refractivity contribution in [2.45, 2.75) is 76.8 Å². The van der Waals surface area contributed by atoms with Crippen LogP contribution >= 0.6 is 0 Å². The third-order valence-corrected chi connectivity index (χ3v) is 11.5. The molecule has 5 rings (SSSR count). The molecule has 0 saturated heterocycles. The number of amides is 1. The number of rotatable bonds is 11. The second-order valence-corrected chi connectivity index (χ2v) is 15.2. The van der Waals surface area contributed by atoms with Crippen LogP contribution in [0.1, 0.15) is 55.4 Å². The molecule has 0 unspecified atom stereocenters. The molecular formula is C35H46N4O7S. The minimum Gasteiger partial charge on any atom is -0.487 e. The van der Waals surface area contributed by atoms with E-state index in [0.29, 0.717) is 42.2 Å². The average molecular weight is 667 g/mol. The second-order valence-electron chi connectivity index (χ2n) is 13.6. The smallest absolute Gasteiger partial charge is 0.407 e. The predicted octanol–water partition coefficient (Wildman–Crippen LogP) is 4.61. The summed E-state index contributed by atoms with van der Waals surface area (Å²) >= 11 is 0. The molecule has 0 radical (unpaired) electrons. The Kier molecular flexibility index (Phi) is 9.91. The summed E-state index contributed by atoms with van der Waals surface area (Å²) in [6.07, 6.45) is 17.8. The van der Waals surface area contributed by atoms with Crippen LogP contribution in [0.2, 0.25) is 0 Å². The number of nitrogens with two attached hydrogens (primary N) is 1. The van der Waals surface area contributed by atoms with Crippen molar-refractivity contribution >= 4 is 28.0 Å². The number of aliphatic imine (C=N–C) groups is 1. The lowest BCUT2D eigenvalue weighted by molar-refractivity contribution is -0.139. The zero-order valence-electron chi connectivity index (χ0n) is 27.7. The number of aliphatic carboxylic acids is 1. The van der Waals surface area contributed by atoms with E-state index in [1.54, 1.807) is 13.8 Å². The van der Waals surface area contributed by atoms with Crippen molar-refractivity contribution in [3.05, 3.63) is 70.9 Å². The number of unbranched alkanes of at least 4 members (excludes halogenated alkanes) is 1. The van der Waals surface area contributed by atoms with Crippen LogP contribution in [0.15, 0.2) is 58.5 Å². The van der Waals surface area contributed by atoms with Crippen LogP contribution in [-0.2, 0) is 26.0 Å². The summed E-state index contributed by atoms with van der Waals surface area (Å²) in [4.78, 5) is 28.9. The Balaban J connectivity index is 1.10. The van der Waals surface area contributed by atoms with Gasteiger partial charge in [0.05, 0.1) is 11.5 Å². The van der Waals surface area contributed by atoms with Gasteiger partial charge in [-0.25, -0.2) is 22.7 Å². The predicted molar refractivity (Wildman–Crippen MR) is 180 cm³/mol. The van der Waals surface area contributed by atoms with Gasteiger partial charge in [-0.2, -0.15) is 0 Å². The number of hydrogen-bond acceptors (Lipinski definition) is 7. The van der Waals surface area contributed by atoms with Crippen LogP contribution in [-0.4, -0.2) is 56.3 Å². The van der Waals surface area contributed by atoms with E-state index in [1.807, 2.05) is 32.9 Å². The highest BCUT2D eigenvalue weighted by molar-refractivity contribution is 7.90. The van der Waals surface area contributed by atoms with Crippen molar-refractivity contribution in [2.24, 2.45) is 40.3 Å². The van der Waals surface area contributed by atoms with Crippen LogP contribution in [0.4, 0.5) is 4.79 Å². The Hall–Kier alpha value is -4.06. The fourth-order valence-corrected chi connectivity index (χ4v) is 9.05. The number of benzene rings is 1. The molecule has 254 valence electrons. The van der Waals surface area contributed by atoms with Gasteiger partial charge in [-0.05, 0) is 94.2 Å². The van der Waals surface area contributed by atoms with E-state index in [4.69, 9.17) is 15.2 Å². The zero-order valence-corrected chi connectivity index (χ0v) is 28.5. The van der Waals surface area contributed by atoms with Crippen LogP contribution < -0.4 is 20.5 Å². The molecular weight excluding hydrogens is 620 g/mol. The molecule has 3 aliphatic carbocycles. The van der Waals surface area contributed by atoms with Gasteiger partial charge in [-0.3, -0.25) is 4.99 Å². The average Bonchev–Trinajstić information content (AvgIpc) is 3.51. The van der Waals surface area contributed by atoms with Gasteiger partial charge < -0.3 is 25.6 Å². The number of alkyl carbamates (subject to hydrolysis) is 1. The third-order valence-electron chi connectivity index (χ3n) is 9.86. The maximum atomic E-state index is 13.4. The Labute approximate surface area is 277 Å². The van der Waals surface area contributed by atoms with Crippen molar-refractivity contribution in [2.75, 3.05) is 13.2 Å². The summed E-state index contributed by atoms with van der Waals surface area (Å²) in [6, 6.07) is -1.13. The van der Waals surface area contributed by atoms with Gasteiger partial charge in [0, 0.05) is 24.4 Å². The lowest BCUT2D eigenvalue weighted by atomic mass is 9.83. The van der Waals surface area contributed by atoms with E-state index < -0.39 is 33.7 Å². The molecule has 5 N–H and O–H groups in total. The number of carboxylic acids is 1. The van der Waals surface area contributed by atoms with Gasteiger partial charge in [-0.15, -0.1) is 0 Å². The third kappa shape index (κ3) is 7.27. The van der Waals surface area contributed by atoms with E-state index in [-0.39, 0.29) is 48.2 Å². The number of guanidine groups is 1. The Bertz CT molecular complexity index is 1640.